The van der Waals surface area contributed by atoms with Crippen LogP contribution >= 0.6 is 0 Å². The van der Waals surface area contributed by atoms with Crippen molar-refractivity contribution in [3.8, 4) is 0 Å². The fraction of sp³-hybridized carbons (Fsp3) is 0.545. The third-order valence-electron chi connectivity index (χ3n) is 6.28. The topological polar surface area (TPSA) is 148 Å². The summed E-state index contributed by atoms with van der Waals surface area (Å²) >= 11 is 0. The second kappa shape index (κ2) is 10.4. The number of aryl methyl sites for hydroxylation is 2. The van der Waals surface area contributed by atoms with Crippen LogP contribution in [0, 0.1) is 0 Å². The Morgan fingerprint density at radius 2 is 1.31 bits per heavy atom. The van der Waals surface area contributed by atoms with Gasteiger partial charge in [-0.1, -0.05) is 12.8 Å². The van der Waals surface area contributed by atoms with Crippen LogP contribution in [0.3, 0.4) is 0 Å². The molecule has 0 unspecified atom stereocenters. The Morgan fingerprint density at radius 3 is 2.03 bits per heavy atom. The van der Waals surface area contributed by atoms with Crippen LogP contribution in [0.4, 0.5) is 11.6 Å². The molecule has 0 fully saturated rings. The minimum absolute atomic E-state index is 0.430. The van der Waals surface area contributed by atoms with Gasteiger partial charge in [0.2, 0.25) is 0 Å². The molecular weight excluding hydrogens is 476 g/mol. The highest BCUT2D eigenvalue weighted by atomic mass is 28.4. The maximum Gasteiger partial charge on any atom is 0.182 e. The summed E-state index contributed by atoms with van der Waals surface area (Å²) in [5.41, 5.74) is 14.9. The van der Waals surface area contributed by atoms with Gasteiger partial charge in [-0.15, -0.1) is 0 Å². The number of unbranched alkanes of at least 4 members (excludes halogenated alkanes) is 2. The van der Waals surface area contributed by atoms with E-state index in [-0.39, 0.29) is 0 Å². The van der Waals surface area contributed by atoms with E-state index in [1.54, 1.807) is 12.7 Å². The number of anilines is 2. The number of imidazole rings is 2. The van der Waals surface area contributed by atoms with E-state index in [0.29, 0.717) is 22.8 Å². The number of rotatable bonds is 12. The summed E-state index contributed by atoms with van der Waals surface area (Å²) in [6.07, 6.45) is 10.9. The van der Waals surface area contributed by atoms with Crippen LogP contribution in [0.1, 0.15) is 25.7 Å². The van der Waals surface area contributed by atoms with E-state index in [0.717, 1.165) is 62.0 Å². The second-order valence-corrected chi connectivity index (χ2v) is 19.1. The van der Waals surface area contributed by atoms with E-state index < -0.39 is 16.6 Å². The molecule has 0 aliphatic heterocycles. The lowest BCUT2D eigenvalue weighted by Crippen LogP contribution is -2.44. The monoisotopic (exact) mass is 512 g/mol. The molecular formula is C22H36N10OSi2. The largest absolute Gasteiger partial charge is 0.455 e. The van der Waals surface area contributed by atoms with E-state index >= 15 is 0 Å². The lowest BCUT2D eigenvalue weighted by molar-refractivity contribution is 0.519. The van der Waals surface area contributed by atoms with Crippen molar-refractivity contribution in [3.63, 3.8) is 0 Å². The van der Waals surface area contributed by atoms with Gasteiger partial charge >= 0.3 is 0 Å². The Morgan fingerprint density at radius 1 is 0.714 bits per heavy atom. The summed E-state index contributed by atoms with van der Waals surface area (Å²) in [6, 6.07) is 2.29. The molecule has 0 radical (unpaired) electrons. The zero-order chi connectivity index (χ0) is 25.1. The number of nitrogen functional groups attached to an aromatic ring is 2. The summed E-state index contributed by atoms with van der Waals surface area (Å²) in [5.74, 6) is 0.913. The third-order valence-corrected chi connectivity index (χ3v) is 13.8. The van der Waals surface area contributed by atoms with Gasteiger partial charge < -0.3 is 24.7 Å². The van der Waals surface area contributed by atoms with Gasteiger partial charge in [0.25, 0.3) is 0 Å². The molecule has 0 amide bonds. The van der Waals surface area contributed by atoms with Gasteiger partial charge in [0, 0.05) is 13.1 Å². The molecule has 0 aliphatic carbocycles. The summed E-state index contributed by atoms with van der Waals surface area (Å²) in [4.78, 5) is 25.3. The minimum atomic E-state index is -1.74. The predicted octanol–water partition coefficient (Wildman–Crippen LogP) is 3.82. The number of aromatic nitrogens is 8. The van der Waals surface area contributed by atoms with Gasteiger partial charge in [-0.3, -0.25) is 0 Å². The first-order valence-electron chi connectivity index (χ1n) is 12.2. The molecule has 0 saturated carbocycles. The second-order valence-electron chi connectivity index (χ2n) is 10.3. The minimum Gasteiger partial charge on any atom is -0.455 e. The number of nitrogens with two attached hydrogens (primary N) is 2. The van der Waals surface area contributed by atoms with Crippen molar-refractivity contribution in [3.05, 3.63) is 25.3 Å². The molecule has 0 atom stereocenters. The standard InChI is InChI=1S/C22H36N10OSi2/c1-34(2,11-7-5-9-31-16-30-21-18(31)20(24)26-13-27-21)33-35(3,4)12-8-6-10-32-15-29-17-19(23)25-14-28-22(17)32/h13-16H,5-12H2,1-4H3,(H2,23,25,28)(H2,24,26,27). The highest BCUT2D eigenvalue weighted by Gasteiger charge is 2.32. The van der Waals surface area contributed by atoms with E-state index in [2.05, 4.69) is 65.2 Å². The Hall–Kier alpha value is -2.91. The molecule has 4 heterocycles. The van der Waals surface area contributed by atoms with Crippen LogP contribution in [-0.2, 0) is 17.2 Å². The first-order chi connectivity index (χ1) is 16.7. The third kappa shape index (κ3) is 6.21. The van der Waals surface area contributed by atoms with Crippen molar-refractivity contribution in [2.45, 2.75) is 77.0 Å². The molecule has 13 heteroatoms. The van der Waals surface area contributed by atoms with Crippen LogP contribution in [0.15, 0.2) is 25.3 Å². The average Bonchev–Trinajstić information content (AvgIpc) is 3.39. The van der Waals surface area contributed by atoms with Crippen LogP contribution in [0.25, 0.3) is 22.3 Å². The molecule has 0 aromatic carbocycles. The van der Waals surface area contributed by atoms with Crippen LogP contribution in [0.5, 0.6) is 0 Å². The molecule has 0 spiro atoms. The molecule has 188 valence electrons. The Balaban J connectivity index is 1.20. The van der Waals surface area contributed by atoms with E-state index in [9.17, 15) is 0 Å². The van der Waals surface area contributed by atoms with E-state index in [1.807, 2.05) is 0 Å². The van der Waals surface area contributed by atoms with Crippen molar-refractivity contribution in [2.75, 3.05) is 11.5 Å². The van der Waals surface area contributed by atoms with Crippen molar-refractivity contribution in [2.24, 2.45) is 0 Å². The summed E-state index contributed by atoms with van der Waals surface area (Å²) in [5, 5.41) is 0. The number of hydrogen-bond acceptors (Lipinski definition) is 9. The van der Waals surface area contributed by atoms with Crippen molar-refractivity contribution >= 4 is 50.6 Å². The SMILES string of the molecule is C[Si](C)(CCCCn1cnc2c(N)ncnc21)O[Si](C)(C)CCCCn1cnc2ncnc(N)c21. The highest BCUT2D eigenvalue weighted by molar-refractivity contribution is 6.84. The van der Waals surface area contributed by atoms with E-state index in [1.165, 1.54) is 12.7 Å². The van der Waals surface area contributed by atoms with Crippen LogP contribution < -0.4 is 11.5 Å². The van der Waals surface area contributed by atoms with Crippen LogP contribution in [-0.4, -0.2) is 55.7 Å². The summed E-state index contributed by atoms with van der Waals surface area (Å²) < 4.78 is 11.0. The number of nitrogens with zero attached hydrogens (tertiary/aromatic N) is 8. The molecule has 11 nitrogen and oxygen atoms in total. The molecule has 35 heavy (non-hydrogen) atoms. The smallest absolute Gasteiger partial charge is 0.182 e. The molecule has 0 aliphatic rings. The molecule has 4 aromatic heterocycles. The Bertz CT molecular complexity index is 1290. The molecule has 0 saturated heterocycles. The Kier molecular flexibility index (Phi) is 7.47. The molecule has 4 aromatic rings. The normalized spacial score (nSPS) is 12.7. The lowest BCUT2D eigenvalue weighted by Gasteiger charge is -2.34. The van der Waals surface area contributed by atoms with Gasteiger partial charge in [0.1, 0.15) is 23.7 Å². The first-order valence-corrected chi connectivity index (χ1v) is 18.4. The van der Waals surface area contributed by atoms with Gasteiger partial charge in [-0.25, -0.2) is 29.9 Å². The van der Waals surface area contributed by atoms with Crippen molar-refractivity contribution in [1.82, 2.24) is 39.0 Å². The summed E-state index contributed by atoms with van der Waals surface area (Å²) in [6.45, 7) is 11.1. The number of hydrogen-bond donors (Lipinski definition) is 2. The maximum absolute atomic E-state index is 6.84. The van der Waals surface area contributed by atoms with Gasteiger partial charge in [0.05, 0.1) is 12.7 Å². The highest BCUT2D eigenvalue weighted by Crippen LogP contribution is 2.26. The zero-order valence-corrected chi connectivity index (χ0v) is 23.1. The zero-order valence-electron chi connectivity index (χ0n) is 21.1. The first kappa shape index (κ1) is 25.2. The van der Waals surface area contributed by atoms with E-state index in [4.69, 9.17) is 15.6 Å². The van der Waals surface area contributed by atoms with Crippen molar-refractivity contribution < 1.29 is 4.12 Å². The molecule has 0 bridgehead atoms. The van der Waals surface area contributed by atoms with Gasteiger partial charge in [-0.05, 0) is 51.1 Å². The lowest BCUT2D eigenvalue weighted by atomic mass is 10.3. The summed E-state index contributed by atoms with van der Waals surface area (Å²) in [7, 11) is -3.48. The van der Waals surface area contributed by atoms with Crippen molar-refractivity contribution in [1.29, 1.82) is 0 Å². The molecule has 4 rings (SSSR count). The Labute approximate surface area is 207 Å². The quantitative estimate of drug-likeness (QED) is 0.213. The van der Waals surface area contributed by atoms with Crippen LogP contribution in [0.2, 0.25) is 38.3 Å². The average molecular weight is 513 g/mol. The van der Waals surface area contributed by atoms with Gasteiger partial charge in [0.15, 0.2) is 39.6 Å². The maximum atomic E-state index is 6.84. The number of fused-ring (bicyclic) bond motifs is 2. The fourth-order valence-corrected chi connectivity index (χ4v) is 13.7. The predicted molar refractivity (Wildman–Crippen MR) is 144 cm³/mol. The fourth-order valence-electron chi connectivity index (χ4n) is 4.68. The molecule has 4 N–H and O–H groups in total. The van der Waals surface area contributed by atoms with Gasteiger partial charge in [-0.2, -0.15) is 0 Å².